The molecule has 334 valence electrons. The zero-order chi connectivity index (χ0) is 16.1. The third-order valence-corrected chi connectivity index (χ3v) is 0. The van der Waals surface area contributed by atoms with Gasteiger partial charge in [-0.3, -0.25) is 0 Å². The van der Waals surface area contributed by atoms with Crippen LogP contribution in [0.25, 0.3) is 0 Å². The van der Waals surface area contributed by atoms with E-state index in [1.54, 1.807) is 0 Å². The Hall–Kier alpha value is 55.2. The van der Waals surface area contributed by atoms with Gasteiger partial charge < -0.3 is 105 Å². The molecule has 0 heterocycles. The molecule has 0 atom stereocenters. The van der Waals surface area contributed by atoms with Crippen molar-refractivity contribution in [1.82, 2.24) is 0 Å². The molecule has 0 amide bonds. The van der Waals surface area contributed by atoms with E-state index in [0.717, 1.165) is 19.3 Å². The molecule has 0 fully saturated rings. The molecule has 0 aliphatic heterocycles. The molecule has 0 aromatic rings. The van der Waals surface area contributed by atoms with E-state index in [0.29, 0.717) is 0 Å². The standard InChI is InChI=1S/3C3H6.4C2H6.4CH4.6CH3.50Y/c3*1-3-2;4*1-2;;;;;;;;;;;;;;;;;;;;;;;;;;;;;;;;;;;;;;;;;;;;;;;;;;;;;;;;;;;;/h3*1-3H2;4*1-2H3;4*1H4;6*1H3;;;;;;;;;;;;;;;;;;;;;;;;;;;;;;;;;;;;;;;;;;;;;;;;;;/q3*-2;;;;;;;;;6*-1;;;;;;;;;;;;;;;;;;;;;;;;;;;;;;;;;;;;;;;;;;;;;;;4*+3. The van der Waals surface area contributed by atoms with Crippen LogP contribution in [0, 0.1) is 86.1 Å². The molecule has 0 N–H and O–H groups in total. The molecule has 50 heteroatoms. The summed E-state index contributed by atoms with van der Waals surface area (Å²) < 4.78 is 0. The minimum absolute atomic E-state index is 0. The van der Waals surface area contributed by atoms with Crippen molar-refractivity contribution in [2.45, 2.75) is 104 Å². The van der Waals surface area contributed by atoms with Gasteiger partial charge in [0.05, 0.1) is 0 Å². The fourth-order valence-electron chi connectivity index (χ4n) is 0. The second-order valence-electron chi connectivity index (χ2n) is 1.06. The number of hydrogen-bond acceptors (Lipinski definition) is 0. The zero-order valence-electron chi connectivity index (χ0n) is 49.2. The summed E-state index contributed by atoms with van der Waals surface area (Å²) in [6.45, 7) is 36.2. The van der Waals surface area contributed by atoms with Gasteiger partial charge in [-0.05, 0) is 0 Å². The van der Waals surface area contributed by atoms with Crippen molar-refractivity contribution in [3.63, 3.8) is 0 Å². The van der Waals surface area contributed by atoms with Crippen LogP contribution in [-0.4, -0.2) is 0 Å². The third kappa shape index (κ3) is 719. The van der Waals surface area contributed by atoms with E-state index in [4.69, 9.17) is 0 Å². The van der Waals surface area contributed by atoms with Crippen LogP contribution in [0.15, 0.2) is 0 Å². The summed E-state index contributed by atoms with van der Waals surface area (Å²) in [7, 11) is 0. The molecule has 0 saturated heterocycles. The van der Waals surface area contributed by atoms with E-state index in [9.17, 15) is 0 Å². The van der Waals surface area contributed by atoms with Crippen molar-refractivity contribution >= 4 is 0 Å². The summed E-state index contributed by atoms with van der Waals surface area (Å²) in [6.07, 6.45) is 2.25. The molecule has 0 bridgehead atoms. The van der Waals surface area contributed by atoms with E-state index in [1.807, 2.05) is 55.4 Å². The van der Waals surface area contributed by atoms with Crippen molar-refractivity contribution in [3.8, 4) is 0 Å². The molecule has 0 aromatic heterocycles. The second kappa shape index (κ2) is 657. The Labute approximate surface area is 1760 Å². The quantitative estimate of drug-likeness (QED) is 0.212. The Morgan fingerprint density at radius 1 is 0.130 bits per heavy atom. The summed E-state index contributed by atoms with van der Waals surface area (Å²) >= 11 is 0. The number of hydrogen-bond donors (Lipinski definition) is 0. The predicted molar refractivity (Wildman–Crippen MR) is 157 cm³/mol. The first-order chi connectivity index (χ1) is 8.24. The molecule has 0 saturated carbocycles. The van der Waals surface area contributed by atoms with Gasteiger partial charge in [-0.2, -0.15) is 0 Å². The maximum atomic E-state index is 3.38. The summed E-state index contributed by atoms with van der Waals surface area (Å²) in [6, 6.07) is 0. The molecule has 77 heavy (non-hydrogen) atoms. The van der Waals surface area contributed by atoms with Crippen LogP contribution >= 0.6 is 0 Å². The predicted octanol–water partition coefficient (Wildman–Crippen LogP) is 12.4. The fraction of sp³-hybridized carbons (Fsp3) is 0.556. The summed E-state index contributed by atoms with van der Waals surface area (Å²) in [4.78, 5) is 0. The van der Waals surface area contributed by atoms with Gasteiger partial charge in [0.2, 0.25) is 0 Å². The van der Waals surface area contributed by atoms with Crippen molar-refractivity contribution in [2.24, 2.45) is 0 Å². The molecule has 0 aliphatic rings. The van der Waals surface area contributed by atoms with Gasteiger partial charge in [-0.1, -0.05) is 85.1 Å². The minimum atomic E-state index is 0. The van der Waals surface area contributed by atoms with E-state index in [-0.39, 0.29) is 1710 Å². The van der Waals surface area contributed by atoms with Crippen LogP contribution in [0.5, 0.6) is 0 Å². The van der Waals surface area contributed by atoms with Crippen molar-refractivity contribution in [1.29, 1.82) is 0 Å². The van der Waals surface area contributed by atoms with E-state index >= 15 is 0 Å². The van der Waals surface area contributed by atoms with Crippen LogP contribution in [0.1, 0.15) is 104 Å². The Balaban J connectivity index is -0.000000000207. The third-order valence-electron chi connectivity index (χ3n) is 0. The first-order valence-corrected chi connectivity index (χ1v) is 7.00. The van der Waals surface area contributed by atoms with Crippen LogP contribution in [0.2, 0.25) is 0 Å². The largest absolute Gasteiger partial charge is 3.00 e. The summed E-state index contributed by atoms with van der Waals surface area (Å²) in [5.74, 6) is 0. The van der Waals surface area contributed by atoms with Gasteiger partial charge in [0.1, 0.15) is 0 Å². The average Bonchev–Trinajstić information content (AvgIpc) is 2.41. The van der Waals surface area contributed by atoms with Crippen LogP contribution in [0.3, 0.4) is 0 Å². The molecule has 0 rings (SSSR count). The first kappa shape index (κ1) is 535. The maximum Gasteiger partial charge on any atom is 3.00 e. The van der Waals surface area contributed by atoms with Crippen molar-refractivity contribution in [2.75, 3.05) is 0 Å². The van der Waals surface area contributed by atoms with E-state index < -0.39 is 0 Å². The maximum absolute atomic E-state index is 3.38. The average molecular weight is 4850 g/mol. The molecule has 0 unspecified atom stereocenters. The van der Waals surface area contributed by atoms with E-state index in [2.05, 4.69) is 41.5 Å². The van der Waals surface area contributed by atoms with Gasteiger partial charge in [0, 0.05) is 1500 Å². The van der Waals surface area contributed by atoms with Gasteiger partial charge in [0.15, 0.2) is 0 Å². The Morgan fingerprint density at radius 2 is 0.130 bits per heavy atom. The molecule has 0 aliphatic carbocycles. The topological polar surface area (TPSA) is 0 Å². The van der Waals surface area contributed by atoms with Gasteiger partial charge in [-0.25, -0.2) is 0 Å². The van der Waals surface area contributed by atoms with Crippen LogP contribution in [-0.2, 0) is 1640 Å². The molecule has 0 nitrogen and oxygen atoms in total. The Kier molecular flexibility index (Phi) is 4570. The normalized spacial score (nSPS) is 1.01. The van der Waals surface area contributed by atoms with Gasteiger partial charge in [-0.15, -0.1) is 0 Å². The van der Waals surface area contributed by atoms with Crippen LogP contribution < -0.4 is 0 Å². The summed E-state index contributed by atoms with van der Waals surface area (Å²) in [5.41, 5.74) is 0. The van der Waals surface area contributed by atoms with Crippen LogP contribution in [0.4, 0.5) is 0 Å². The number of rotatable bonds is 0. The molecule has 46 radical (unpaired) electrons. The Bertz CT molecular complexity index is 76.7. The van der Waals surface area contributed by atoms with Crippen molar-refractivity contribution in [3.05, 3.63) is 86.1 Å². The smallest absolute Gasteiger partial charge is 0.372 e. The minimum Gasteiger partial charge on any atom is -0.372 e. The SMILES string of the molecule is C.C.C.C.CC.CC.CC.CC.[CH2-]C[CH2-].[CH2-]C[CH2-].[CH2-]C[CH2-].[CH3-].[CH3-].[CH3-].[CH3-].[CH3-].[CH3-].[Y+3].[Y+3].[Y+3].[Y+3].[Y].[Y].[Y].[Y].[Y].[Y].[Y].[Y].[Y].[Y].[Y].[Y].[Y].[Y].[Y].[Y].[Y].[Y].[Y].[Y].[Y].[Y].[Y].[Y].[Y].[Y].[Y].[Y].[Y].[Y].[Y].[Y].[Y].[Y].[Y].[Y].[Y].[Y].[Y].[Y].[Y].[Y].[Y].[Y].[Y].[Y]. The zero-order valence-corrected chi connectivity index (χ0v) is 191. The second-order valence-corrected chi connectivity index (χ2v) is 1.06. The first-order valence-electron chi connectivity index (χ1n) is 7.00. The molecular formula is C27H76Y50. The van der Waals surface area contributed by atoms with Crippen molar-refractivity contribution < 1.29 is 1640 Å². The molecule has 0 spiro atoms. The van der Waals surface area contributed by atoms with Gasteiger partial charge >= 0.3 is 131 Å². The molecule has 0 aromatic carbocycles. The summed E-state index contributed by atoms with van der Waals surface area (Å²) in [5, 5.41) is 0. The Morgan fingerprint density at radius 3 is 0.130 bits per heavy atom. The van der Waals surface area contributed by atoms with Gasteiger partial charge in [0.25, 0.3) is 0 Å². The fourth-order valence-corrected chi connectivity index (χ4v) is 0. The van der Waals surface area contributed by atoms with E-state index in [1.165, 1.54) is 0 Å². The molecular weight excluding hydrogens is 4770 g/mol. The monoisotopic (exact) mass is 4850 g/mol.